The zero-order valence-corrected chi connectivity index (χ0v) is 18.3. The molecule has 0 spiro atoms. The van der Waals surface area contributed by atoms with Crippen LogP contribution in [0.25, 0.3) is 0 Å². The Bertz CT molecular complexity index is 1100. The maximum atomic E-state index is 13.4. The van der Waals surface area contributed by atoms with Crippen LogP contribution in [0.1, 0.15) is 35.7 Å². The minimum atomic E-state index is -0.454. The van der Waals surface area contributed by atoms with Gasteiger partial charge in [-0.05, 0) is 25.0 Å². The lowest BCUT2D eigenvalue weighted by Crippen LogP contribution is -2.32. The summed E-state index contributed by atoms with van der Waals surface area (Å²) in [6.45, 7) is 2.11. The molecule has 3 heterocycles. The van der Waals surface area contributed by atoms with E-state index in [1.165, 1.54) is 0 Å². The lowest BCUT2D eigenvalue weighted by molar-refractivity contribution is -0.122. The van der Waals surface area contributed by atoms with Crippen molar-refractivity contribution in [2.45, 2.75) is 25.3 Å². The van der Waals surface area contributed by atoms with Gasteiger partial charge in [0.25, 0.3) is 0 Å². The molecule has 164 valence electrons. The minimum absolute atomic E-state index is 0.109. The molecule has 2 aliphatic rings. The van der Waals surface area contributed by atoms with Gasteiger partial charge in [-0.25, -0.2) is 0 Å². The third-order valence-corrected chi connectivity index (χ3v) is 5.81. The van der Waals surface area contributed by atoms with Crippen molar-refractivity contribution in [3.05, 3.63) is 65.5 Å². The Morgan fingerprint density at radius 1 is 1.00 bits per heavy atom. The summed E-state index contributed by atoms with van der Waals surface area (Å²) < 4.78 is 6.01. The highest BCUT2D eigenvalue weighted by Crippen LogP contribution is 2.43. The Morgan fingerprint density at radius 2 is 1.62 bits per heavy atom. The van der Waals surface area contributed by atoms with Crippen molar-refractivity contribution in [2.75, 3.05) is 37.0 Å². The molecule has 1 N–H and O–H groups in total. The first-order chi connectivity index (χ1) is 15.6. The van der Waals surface area contributed by atoms with Crippen molar-refractivity contribution in [2.24, 2.45) is 0 Å². The largest absolute Gasteiger partial charge is 0.457 e. The molecular formula is C24H26N6O2. The van der Waals surface area contributed by atoms with Gasteiger partial charge in [0, 0.05) is 38.3 Å². The second-order valence-electron chi connectivity index (χ2n) is 8.27. The number of ether oxygens (including phenoxy) is 1. The first-order valence-electron chi connectivity index (χ1n) is 10.9. The molecule has 32 heavy (non-hydrogen) atoms. The maximum Gasteiger partial charge on any atom is 0.232 e. The number of aromatic nitrogens is 3. The van der Waals surface area contributed by atoms with E-state index < -0.39 is 5.92 Å². The number of fused-ring (bicyclic) bond motifs is 2. The van der Waals surface area contributed by atoms with E-state index in [4.69, 9.17) is 4.74 Å². The average Bonchev–Trinajstić information content (AvgIpc) is 3.36. The minimum Gasteiger partial charge on any atom is -0.457 e. The van der Waals surface area contributed by atoms with E-state index in [9.17, 15) is 4.79 Å². The van der Waals surface area contributed by atoms with Crippen LogP contribution in [0.15, 0.2) is 48.5 Å². The predicted octanol–water partition coefficient (Wildman–Crippen LogP) is 3.09. The van der Waals surface area contributed by atoms with Crippen LogP contribution < -0.4 is 19.9 Å². The lowest BCUT2D eigenvalue weighted by atomic mass is 9.87. The van der Waals surface area contributed by atoms with Gasteiger partial charge in [0.05, 0.1) is 12.5 Å². The van der Waals surface area contributed by atoms with Crippen molar-refractivity contribution in [1.82, 2.24) is 20.3 Å². The Labute approximate surface area is 187 Å². The van der Waals surface area contributed by atoms with Crippen LogP contribution in [-0.2, 0) is 11.3 Å². The zero-order chi connectivity index (χ0) is 22.1. The van der Waals surface area contributed by atoms with Gasteiger partial charge in [0.15, 0.2) is 5.82 Å². The normalized spacial score (nSPS) is 15.0. The molecule has 0 atom stereocenters. The summed E-state index contributed by atoms with van der Waals surface area (Å²) >= 11 is 0. The van der Waals surface area contributed by atoms with Gasteiger partial charge in [0.1, 0.15) is 11.5 Å². The van der Waals surface area contributed by atoms with E-state index in [1.807, 2.05) is 67.5 Å². The summed E-state index contributed by atoms with van der Waals surface area (Å²) in [5.74, 6) is 2.66. The van der Waals surface area contributed by atoms with E-state index in [0.717, 1.165) is 37.1 Å². The summed E-state index contributed by atoms with van der Waals surface area (Å²) in [6.07, 6.45) is 2.27. The van der Waals surface area contributed by atoms with Crippen molar-refractivity contribution in [3.8, 4) is 11.5 Å². The highest BCUT2D eigenvalue weighted by atomic mass is 16.5. The fourth-order valence-corrected chi connectivity index (χ4v) is 4.19. The number of amides is 1. The Hall–Kier alpha value is -3.68. The first-order valence-corrected chi connectivity index (χ1v) is 10.9. The molecule has 2 aromatic carbocycles. The summed E-state index contributed by atoms with van der Waals surface area (Å²) in [4.78, 5) is 31.2. The Balaban J connectivity index is 1.41. The van der Waals surface area contributed by atoms with Gasteiger partial charge in [-0.2, -0.15) is 15.0 Å². The number of carbonyl (C=O) groups excluding carboxylic acids is 1. The third-order valence-electron chi connectivity index (χ3n) is 5.81. The van der Waals surface area contributed by atoms with E-state index >= 15 is 0 Å². The van der Waals surface area contributed by atoms with Crippen molar-refractivity contribution in [1.29, 1.82) is 0 Å². The first kappa shape index (κ1) is 20.2. The molecule has 1 fully saturated rings. The summed E-state index contributed by atoms with van der Waals surface area (Å²) in [7, 11) is 3.81. The van der Waals surface area contributed by atoms with Gasteiger partial charge in [0.2, 0.25) is 17.8 Å². The standard InChI is InChI=1S/C24H26N6O2/c1-29(2)23-26-20(27-24(28-23)30-13-7-8-14-30)15-25-22(31)21-16-9-3-5-11-18(16)32-19-12-6-4-10-17(19)21/h3-6,9-12,21H,7-8,13-15H2,1-2H3,(H,25,31). The lowest BCUT2D eigenvalue weighted by Gasteiger charge is -2.27. The van der Waals surface area contributed by atoms with Gasteiger partial charge in [-0.1, -0.05) is 36.4 Å². The van der Waals surface area contributed by atoms with E-state index in [2.05, 4.69) is 25.2 Å². The monoisotopic (exact) mass is 430 g/mol. The molecule has 2 aliphatic heterocycles. The van der Waals surface area contributed by atoms with E-state index in [0.29, 0.717) is 29.2 Å². The second kappa shape index (κ2) is 8.45. The Kier molecular flexibility index (Phi) is 5.34. The molecule has 8 heteroatoms. The topological polar surface area (TPSA) is 83.5 Å². The van der Waals surface area contributed by atoms with E-state index in [1.54, 1.807) is 0 Å². The number of para-hydroxylation sites is 2. The number of nitrogens with one attached hydrogen (secondary N) is 1. The molecule has 0 bridgehead atoms. The van der Waals surface area contributed by atoms with Gasteiger partial charge < -0.3 is 19.9 Å². The van der Waals surface area contributed by atoms with Gasteiger partial charge in [-0.3, -0.25) is 4.79 Å². The summed E-state index contributed by atoms with van der Waals surface area (Å²) in [5, 5.41) is 3.05. The van der Waals surface area contributed by atoms with Crippen LogP contribution in [0, 0.1) is 0 Å². The fourth-order valence-electron chi connectivity index (χ4n) is 4.19. The molecule has 1 aromatic heterocycles. The highest BCUT2D eigenvalue weighted by Gasteiger charge is 2.32. The molecule has 3 aromatic rings. The molecule has 1 saturated heterocycles. The summed E-state index contributed by atoms with van der Waals surface area (Å²) in [5.41, 5.74) is 1.71. The molecule has 8 nitrogen and oxygen atoms in total. The number of rotatable bonds is 5. The quantitative estimate of drug-likeness (QED) is 0.666. The van der Waals surface area contributed by atoms with E-state index in [-0.39, 0.29) is 12.5 Å². The molecule has 0 unspecified atom stereocenters. The number of anilines is 2. The molecule has 0 aliphatic carbocycles. The van der Waals surface area contributed by atoms with Crippen molar-refractivity contribution >= 4 is 17.8 Å². The van der Waals surface area contributed by atoms with Crippen LogP contribution in [0.5, 0.6) is 11.5 Å². The second-order valence-corrected chi connectivity index (χ2v) is 8.27. The smallest absolute Gasteiger partial charge is 0.232 e. The van der Waals surface area contributed by atoms with Crippen LogP contribution in [0.4, 0.5) is 11.9 Å². The zero-order valence-electron chi connectivity index (χ0n) is 18.3. The Morgan fingerprint density at radius 3 is 2.25 bits per heavy atom. The average molecular weight is 431 g/mol. The molecule has 0 saturated carbocycles. The number of hydrogen-bond acceptors (Lipinski definition) is 7. The number of nitrogens with zero attached hydrogens (tertiary/aromatic N) is 5. The summed E-state index contributed by atoms with van der Waals surface area (Å²) in [6, 6.07) is 15.3. The van der Waals surface area contributed by atoms with Crippen LogP contribution in [0.2, 0.25) is 0 Å². The third kappa shape index (κ3) is 3.84. The van der Waals surface area contributed by atoms with Gasteiger partial charge >= 0.3 is 0 Å². The number of carbonyl (C=O) groups is 1. The van der Waals surface area contributed by atoms with Crippen LogP contribution in [0.3, 0.4) is 0 Å². The molecule has 0 radical (unpaired) electrons. The van der Waals surface area contributed by atoms with Crippen LogP contribution in [-0.4, -0.2) is 48.0 Å². The molecular weight excluding hydrogens is 404 g/mol. The molecule has 1 amide bonds. The molecule has 5 rings (SSSR count). The maximum absolute atomic E-state index is 13.4. The fraction of sp³-hybridized carbons (Fsp3) is 0.333. The van der Waals surface area contributed by atoms with Crippen LogP contribution >= 0.6 is 0 Å². The predicted molar refractivity (Wildman–Crippen MR) is 122 cm³/mol. The SMILES string of the molecule is CN(C)c1nc(CNC(=O)C2c3ccccc3Oc3ccccc32)nc(N2CCCC2)n1. The van der Waals surface area contributed by atoms with Crippen molar-refractivity contribution < 1.29 is 9.53 Å². The van der Waals surface area contributed by atoms with Crippen molar-refractivity contribution in [3.63, 3.8) is 0 Å². The highest BCUT2D eigenvalue weighted by molar-refractivity contribution is 5.89. The number of benzene rings is 2. The van der Waals surface area contributed by atoms with Gasteiger partial charge in [-0.15, -0.1) is 0 Å². The number of hydrogen-bond donors (Lipinski definition) is 1.